The molecular formula is C11H13N5O2. The van der Waals surface area contributed by atoms with E-state index in [1.807, 2.05) is 6.07 Å². The molecule has 0 radical (unpaired) electrons. The number of hydrogen-bond donors (Lipinski definition) is 2. The van der Waals surface area contributed by atoms with Crippen molar-refractivity contribution in [2.24, 2.45) is 5.73 Å². The van der Waals surface area contributed by atoms with E-state index in [1.54, 1.807) is 24.3 Å². The fourth-order valence-corrected chi connectivity index (χ4v) is 1.07. The van der Waals surface area contributed by atoms with E-state index in [-0.39, 0.29) is 0 Å². The highest BCUT2D eigenvalue weighted by molar-refractivity contribution is 5.79. The maximum Gasteiger partial charge on any atom is 0.328 e. The predicted octanol–water partition coefficient (Wildman–Crippen LogP) is 0.212. The number of aliphatic carboxylic acids is 1. The molecule has 0 aliphatic heterocycles. The van der Waals surface area contributed by atoms with Crippen LogP contribution in [0.2, 0.25) is 0 Å². The number of nitrogens with two attached hydrogens (primary N) is 1. The van der Waals surface area contributed by atoms with Crippen molar-refractivity contribution in [1.82, 2.24) is 20.6 Å². The van der Waals surface area contributed by atoms with Crippen molar-refractivity contribution in [3.8, 4) is 0 Å². The van der Waals surface area contributed by atoms with Gasteiger partial charge in [0, 0.05) is 0 Å². The molecule has 3 N–H and O–H groups in total. The van der Waals surface area contributed by atoms with Gasteiger partial charge in [0.2, 0.25) is 0 Å². The van der Waals surface area contributed by atoms with Crippen LogP contribution in [-0.4, -0.2) is 31.7 Å². The minimum absolute atomic E-state index is 0.609. The minimum atomic E-state index is -1.29. The zero-order chi connectivity index (χ0) is 13.4. The molecule has 0 saturated carbocycles. The van der Waals surface area contributed by atoms with Crippen LogP contribution in [0.15, 0.2) is 42.7 Å². The highest BCUT2D eigenvalue weighted by Crippen LogP contribution is 2.16. The van der Waals surface area contributed by atoms with E-state index >= 15 is 0 Å². The number of carbonyl (C=O) groups is 1. The number of rotatable bonds is 2. The summed E-state index contributed by atoms with van der Waals surface area (Å²) in [4.78, 5) is 10.7. The number of aromatic nitrogens is 4. The molecule has 18 heavy (non-hydrogen) atoms. The van der Waals surface area contributed by atoms with Crippen LogP contribution in [0.1, 0.15) is 12.5 Å². The first-order chi connectivity index (χ1) is 8.55. The average Bonchev–Trinajstić information content (AvgIpc) is 2.42. The molecule has 0 aliphatic rings. The number of carboxylic acids is 1. The summed E-state index contributed by atoms with van der Waals surface area (Å²) in [6, 6.07) is 8.76. The molecule has 1 aromatic carbocycles. The minimum Gasteiger partial charge on any atom is -0.480 e. The van der Waals surface area contributed by atoms with Gasteiger partial charge in [0.15, 0.2) is 0 Å². The van der Waals surface area contributed by atoms with E-state index in [1.165, 1.54) is 19.3 Å². The average molecular weight is 247 g/mol. The molecule has 2 rings (SSSR count). The second kappa shape index (κ2) is 6.36. The van der Waals surface area contributed by atoms with Crippen LogP contribution in [0.5, 0.6) is 0 Å². The molecule has 0 amide bonds. The summed E-state index contributed by atoms with van der Waals surface area (Å²) in [7, 11) is 0. The summed E-state index contributed by atoms with van der Waals surface area (Å²) in [6.07, 6.45) is 2.93. The van der Waals surface area contributed by atoms with Crippen LogP contribution in [0.3, 0.4) is 0 Å². The number of benzene rings is 1. The highest BCUT2D eigenvalue weighted by atomic mass is 16.4. The molecule has 7 heteroatoms. The van der Waals surface area contributed by atoms with E-state index in [9.17, 15) is 4.79 Å². The zero-order valence-corrected chi connectivity index (χ0v) is 9.76. The second-order valence-electron chi connectivity index (χ2n) is 3.58. The maximum absolute atomic E-state index is 10.7. The number of nitrogens with zero attached hydrogens (tertiary/aromatic N) is 4. The molecular weight excluding hydrogens is 234 g/mol. The lowest BCUT2D eigenvalue weighted by Crippen LogP contribution is -2.41. The van der Waals surface area contributed by atoms with Gasteiger partial charge in [0.1, 0.15) is 5.54 Å². The molecule has 0 aliphatic carbocycles. The Morgan fingerprint density at radius 2 is 1.67 bits per heavy atom. The molecule has 1 aromatic heterocycles. The lowest BCUT2D eigenvalue weighted by Gasteiger charge is -2.18. The van der Waals surface area contributed by atoms with Crippen LogP contribution < -0.4 is 5.73 Å². The van der Waals surface area contributed by atoms with E-state index in [0.29, 0.717) is 5.56 Å². The molecule has 94 valence electrons. The molecule has 0 fully saturated rings. The van der Waals surface area contributed by atoms with Gasteiger partial charge < -0.3 is 10.8 Å². The fraction of sp³-hybridized carbons (Fsp3) is 0.182. The van der Waals surface area contributed by atoms with Crippen molar-refractivity contribution in [2.75, 3.05) is 0 Å². The summed E-state index contributed by atoms with van der Waals surface area (Å²) in [5.74, 6) is -1.02. The highest BCUT2D eigenvalue weighted by Gasteiger charge is 2.29. The van der Waals surface area contributed by atoms with Crippen LogP contribution in [-0.2, 0) is 10.3 Å². The summed E-state index contributed by atoms with van der Waals surface area (Å²) in [6.45, 7) is 1.48. The molecule has 1 heterocycles. The number of carboxylic acid groups (broad SMARTS) is 1. The maximum atomic E-state index is 10.7. The van der Waals surface area contributed by atoms with Crippen LogP contribution in [0, 0.1) is 0 Å². The predicted molar refractivity (Wildman–Crippen MR) is 63.2 cm³/mol. The molecule has 7 nitrogen and oxygen atoms in total. The van der Waals surface area contributed by atoms with Gasteiger partial charge in [-0.3, -0.25) is 0 Å². The van der Waals surface area contributed by atoms with Gasteiger partial charge in [0.05, 0.1) is 12.4 Å². The standard InChI is InChI=1S/C9H11NO2.C2H2N4/c1-9(10,8(11)12)7-5-3-2-4-6-7;1-2-4-6-5-3-1/h2-6H,10H2,1H3,(H,11,12);1-2H. The summed E-state index contributed by atoms with van der Waals surface area (Å²) in [5.41, 5.74) is 4.90. The number of hydrogen-bond acceptors (Lipinski definition) is 6. The smallest absolute Gasteiger partial charge is 0.328 e. The van der Waals surface area contributed by atoms with Crippen molar-refractivity contribution >= 4 is 5.97 Å². The van der Waals surface area contributed by atoms with Crippen molar-refractivity contribution in [3.05, 3.63) is 48.3 Å². The molecule has 1 unspecified atom stereocenters. The molecule has 0 bridgehead atoms. The SMILES string of the molecule is CC(N)(C(=O)O)c1ccccc1.c1cnnnn1. The third-order valence-electron chi connectivity index (χ3n) is 2.16. The van der Waals surface area contributed by atoms with Crippen LogP contribution in [0.4, 0.5) is 0 Å². The molecule has 0 saturated heterocycles. The Hall–Kier alpha value is -2.41. The lowest BCUT2D eigenvalue weighted by molar-refractivity contribution is -0.143. The summed E-state index contributed by atoms with van der Waals surface area (Å²) >= 11 is 0. The summed E-state index contributed by atoms with van der Waals surface area (Å²) < 4.78 is 0. The van der Waals surface area contributed by atoms with Crippen molar-refractivity contribution in [2.45, 2.75) is 12.5 Å². The fourth-order valence-electron chi connectivity index (χ4n) is 1.07. The molecule has 2 aromatic rings. The Morgan fingerprint density at radius 1 is 1.17 bits per heavy atom. The molecule has 1 atom stereocenters. The van der Waals surface area contributed by atoms with Gasteiger partial charge >= 0.3 is 5.97 Å². The Balaban J connectivity index is 0.000000225. The Kier molecular flexibility index (Phi) is 4.82. The first-order valence-corrected chi connectivity index (χ1v) is 5.08. The van der Waals surface area contributed by atoms with Crippen molar-refractivity contribution < 1.29 is 9.90 Å². The Labute approximate surface area is 104 Å². The third kappa shape index (κ3) is 3.87. The topological polar surface area (TPSA) is 115 Å². The lowest BCUT2D eigenvalue weighted by atomic mass is 9.94. The van der Waals surface area contributed by atoms with Gasteiger partial charge in [-0.2, -0.15) is 0 Å². The third-order valence-corrected chi connectivity index (χ3v) is 2.16. The first kappa shape index (κ1) is 13.7. The summed E-state index contributed by atoms with van der Waals surface area (Å²) in [5, 5.41) is 21.8. The van der Waals surface area contributed by atoms with Gasteiger partial charge in [-0.15, -0.1) is 10.2 Å². The van der Waals surface area contributed by atoms with Gasteiger partial charge in [0.25, 0.3) is 0 Å². The monoisotopic (exact) mass is 247 g/mol. The molecule has 0 spiro atoms. The second-order valence-corrected chi connectivity index (χ2v) is 3.58. The Bertz CT molecular complexity index is 449. The zero-order valence-electron chi connectivity index (χ0n) is 9.76. The van der Waals surface area contributed by atoms with E-state index in [4.69, 9.17) is 10.8 Å². The van der Waals surface area contributed by atoms with Gasteiger partial charge in [-0.05, 0) is 22.9 Å². The van der Waals surface area contributed by atoms with E-state index in [0.717, 1.165) is 0 Å². The Morgan fingerprint density at radius 3 is 2.00 bits per heavy atom. The largest absolute Gasteiger partial charge is 0.480 e. The van der Waals surface area contributed by atoms with E-state index in [2.05, 4.69) is 20.6 Å². The van der Waals surface area contributed by atoms with Crippen molar-refractivity contribution in [1.29, 1.82) is 0 Å². The van der Waals surface area contributed by atoms with Gasteiger partial charge in [-0.1, -0.05) is 30.3 Å². The van der Waals surface area contributed by atoms with Crippen LogP contribution in [0.25, 0.3) is 0 Å². The van der Waals surface area contributed by atoms with Crippen molar-refractivity contribution in [3.63, 3.8) is 0 Å². The first-order valence-electron chi connectivity index (χ1n) is 5.08. The normalized spacial score (nSPS) is 12.8. The van der Waals surface area contributed by atoms with Gasteiger partial charge in [-0.25, -0.2) is 4.79 Å². The van der Waals surface area contributed by atoms with Crippen LogP contribution >= 0.6 is 0 Å². The van der Waals surface area contributed by atoms with E-state index < -0.39 is 11.5 Å². The quantitative estimate of drug-likeness (QED) is 0.779.